The van der Waals surface area contributed by atoms with Gasteiger partial charge in [0, 0.05) is 13.1 Å². The maximum Gasteiger partial charge on any atom is 0.0989 e. The van der Waals surface area contributed by atoms with Gasteiger partial charge in [0.25, 0.3) is 0 Å². The Morgan fingerprint density at radius 1 is 1.45 bits per heavy atom. The summed E-state index contributed by atoms with van der Waals surface area (Å²) in [5, 5.41) is 29.1. The van der Waals surface area contributed by atoms with Gasteiger partial charge in [-0.25, -0.2) is 0 Å². The van der Waals surface area contributed by atoms with E-state index in [4.69, 9.17) is 15.3 Å². The number of aliphatic hydroxyl groups is 3. The number of hydrogen-bond acceptors (Lipinski definition) is 4. The van der Waals surface area contributed by atoms with Crippen LogP contribution >= 0.6 is 0 Å². The summed E-state index contributed by atoms with van der Waals surface area (Å²) in [5.41, 5.74) is 0. The average molecular weight is 161 g/mol. The van der Waals surface area contributed by atoms with Gasteiger partial charge in [0.2, 0.25) is 0 Å². The predicted octanol–water partition coefficient (Wildman–Crippen LogP) is -1.52. The second kappa shape index (κ2) is 6.30. The van der Waals surface area contributed by atoms with E-state index in [2.05, 4.69) is 11.9 Å². The fourth-order valence-electron chi connectivity index (χ4n) is 0.607. The molecule has 11 heavy (non-hydrogen) atoms. The Morgan fingerprint density at radius 2 is 2.09 bits per heavy atom. The van der Waals surface area contributed by atoms with Crippen molar-refractivity contribution in [3.63, 3.8) is 0 Å². The largest absolute Gasteiger partial charge is 0.395 e. The third kappa shape index (κ3) is 4.92. The smallest absolute Gasteiger partial charge is 0.0989 e. The maximum absolute atomic E-state index is 9.08. The molecule has 0 aliphatic heterocycles. The first-order valence-electron chi connectivity index (χ1n) is 3.52. The van der Waals surface area contributed by atoms with Crippen LogP contribution in [0.3, 0.4) is 0 Å². The predicted molar refractivity (Wildman–Crippen MR) is 42.2 cm³/mol. The lowest BCUT2D eigenvalue weighted by atomic mass is 10.2. The molecule has 0 rings (SSSR count). The monoisotopic (exact) mass is 161 g/mol. The lowest BCUT2D eigenvalue weighted by molar-refractivity contribution is 0.0487. The molecule has 0 aromatic carbocycles. The molecule has 0 heterocycles. The molecule has 0 aromatic heterocycles. The van der Waals surface area contributed by atoms with Gasteiger partial charge >= 0.3 is 0 Å². The number of rotatable bonds is 6. The van der Waals surface area contributed by atoms with Gasteiger partial charge in [0.1, 0.15) is 0 Å². The number of hydrogen-bond donors (Lipinski definition) is 4. The van der Waals surface area contributed by atoms with Crippen molar-refractivity contribution in [2.24, 2.45) is 0 Å². The maximum atomic E-state index is 9.08. The lowest BCUT2D eigenvalue weighted by Crippen LogP contribution is -2.36. The van der Waals surface area contributed by atoms with Gasteiger partial charge in [-0.2, -0.15) is 0 Å². The highest BCUT2D eigenvalue weighted by molar-refractivity contribution is 4.85. The van der Waals surface area contributed by atoms with E-state index >= 15 is 0 Å². The van der Waals surface area contributed by atoms with Crippen molar-refractivity contribution in [2.75, 3.05) is 19.7 Å². The van der Waals surface area contributed by atoms with Crippen LogP contribution in [0.15, 0.2) is 12.7 Å². The van der Waals surface area contributed by atoms with Crippen LogP contribution in [0.25, 0.3) is 0 Å². The third-order valence-electron chi connectivity index (χ3n) is 1.28. The van der Waals surface area contributed by atoms with Crippen LogP contribution in [0.1, 0.15) is 0 Å². The van der Waals surface area contributed by atoms with E-state index in [0.717, 1.165) is 0 Å². The Hall–Kier alpha value is -0.420. The Kier molecular flexibility index (Phi) is 6.06. The van der Waals surface area contributed by atoms with Crippen molar-refractivity contribution in [3.8, 4) is 0 Å². The van der Waals surface area contributed by atoms with Crippen LogP contribution in [-0.4, -0.2) is 47.2 Å². The molecule has 0 saturated heterocycles. The zero-order valence-electron chi connectivity index (χ0n) is 6.40. The molecule has 0 amide bonds. The summed E-state index contributed by atoms with van der Waals surface area (Å²) in [4.78, 5) is 0. The van der Waals surface area contributed by atoms with Crippen molar-refractivity contribution in [1.29, 1.82) is 0 Å². The summed E-state index contributed by atoms with van der Waals surface area (Å²) in [5.74, 6) is 0. The van der Waals surface area contributed by atoms with Crippen LogP contribution in [0.5, 0.6) is 0 Å². The minimum absolute atomic E-state index is 0.0247. The Labute approximate surface area is 66.2 Å². The molecular formula is C7H15NO3. The molecule has 0 aliphatic rings. The zero-order valence-corrected chi connectivity index (χ0v) is 6.40. The van der Waals surface area contributed by atoms with E-state index in [1.165, 1.54) is 6.08 Å². The van der Waals surface area contributed by atoms with Crippen LogP contribution in [0.4, 0.5) is 0 Å². The van der Waals surface area contributed by atoms with E-state index in [9.17, 15) is 0 Å². The molecular weight excluding hydrogens is 146 g/mol. The van der Waals surface area contributed by atoms with Gasteiger partial charge < -0.3 is 20.6 Å². The van der Waals surface area contributed by atoms with Gasteiger partial charge in [-0.1, -0.05) is 6.08 Å². The fourth-order valence-corrected chi connectivity index (χ4v) is 0.607. The normalized spacial score (nSPS) is 15.9. The second-order valence-electron chi connectivity index (χ2n) is 2.22. The summed E-state index contributed by atoms with van der Waals surface area (Å²) >= 11 is 0. The highest BCUT2D eigenvalue weighted by atomic mass is 16.3. The molecule has 0 bridgehead atoms. The van der Waals surface area contributed by atoms with E-state index in [-0.39, 0.29) is 13.2 Å². The molecule has 0 aliphatic carbocycles. The molecule has 0 saturated carbocycles. The highest BCUT2D eigenvalue weighted by Gasteiger charge is 2.10. The van der Waals surface area contributed by atoms with E-state index in [1.807, 2.05) is 0 Å². The molecule has 4 N–H and O–H groups in total. The highest BCUT2D eigenvalue weighted by Crippen LogP contribution is 1.91. The SMILES string of the molecule is C=C[C@H](O)[C@H](O)CNCCO. The molecule has 66 valence electrons. The Bertz CT molecular complexity index is 108. The van der Waals surface area contributed by atoms with Gasteiger partial charge in [-0.3, -0.25) is 0 Å². The summed E-state index contributed by atoms with van der Waals surface area (Å²) in [7, 11) is 0. The minimum atomic E-state index is -0.902. The van der Waals surface area contributed by atoms with Crippen molar-refractivity contribution in [2.45, 2.75) is 12.2 Å². The quantitative estimate of drug-likeness (QED) is 0.282. The van der Waals surface area contributed by atoms with Crippen LogP contribution in [0, 0.1) is 0 Å². The van der Waals surface area contributed by atoms with Gasteiger partial charge in [0.15, 0.2) is 0 Å². The molecule has 4 heteroatoms. The lowest BCUT2D eigenvalue weighted by Gasteiger charge is -2.14. The minimum Gasteiger partial charge on any atom is -0.395 e. The first kappa shape index (κ1) is 10.6. The first-order chi connectivity index (χ1) is 5.22. The Balaban J connectivity index is 3.35. The van der Waals surface area contributed by atoms with Crippen LogP contribution in [0.2, 0.25) is 0 Å². The molecule has 4 nitrogen and oxygen atoms in total. The summed E-state index contributed by atoms with van der Waals surface area (Å²) < 4.78 is 0. The van der Waals surface area contributed by atoms with E-state index < -0.39 is 12.2 Å². The fraction of sp³-hybridized carbons (Fsp3) is 0.714. The Morgan fingerprint density at radius 3 is 2.55 bits per heavy atom. The van der Waals surface area contributed by atoms with Crippen molar-refractivity contribution in [3.05, 3.63) is 12.7 Å². The molecule has 0 fully saturated rings. The van der Waals surface area contributed by atoms with Crippen molar-refractivity contribution in [1.82, 2.24) is 5.32 Å². The summed E-state index contributed by atoms with van der Waals surface area (Å²) in [6.07, 6.45) is -0.481. The molecule has 0 spiro atoms. The van der Waals surface area contributed by atoms with E-state index in [1.54, 1.807) is 0 Å². The van der Waals surface area contributed by atoms with Crippen molar-refractivity contribution < 1.29 is 15.3 Å². The molecule has 2 atom stereocenters. The first-order valence-corrected chi connectivity index (χ1v) is 3.52. The van der Waals surface area contributed by atoms with Crippen LogP contribution < -0.4 is 5.32 Å². The molecule has 0 unspecified atom stereocenters. The van der Waals surface area contributed by atoms with Gasteiger partial charge in [-0.05, 0) is 0 Å². The standard InChI is InChI=1S/C7H15NO3/c1-2-6(10)7(11)5-8-3-4-9/h2,6-11H,1,3-5H2/t6-,7+/m0/s1. The second-order valence-corrected chi connectivity index (χ2v) is 2.22. The zero-order chi connectivity index (χ0) is 8.69. The topological polar surface area (TPSA) is 72.7 Å². The molecule has 0 aromatic rings. The summed E-state index contributed by atoms with van der Waals surface area (Å²) in [6, 6.07) is 0. The average Bonchev–Trinajstić information content (AvgIpc) is 2.03. The third-order valence-corrected chi connectivity index (χ3v) is 1.28. The van der Waals surface area contributed by atoms with Crippen molar-refractivity contribution >= 4 is 0 Å². The van der Waals surface area contributed by atoms with Crippen LogP contribution in [-0.2, 0) is 0 Å². The number of aliphatic hydroxyl groups excluding tert-OH is 3. The van der Waals surface area contributed by atoms with Gasteiger partial charge in [-0.15, -0.1) is 6.58 Å². The number of nitrogens with one attached hydrogen (secondary N) is 1. The molecule has 0 radical (unpaired) electrons. The van der Waals surface area contributed by atoms with E-state index in [0.29, 0.717) is 6.54 Å². The summed E-state index contributed by atoms with van der Waals surface area (Å²) in [6.45, 7) is 4.02. The van der Waals surface area contributed by atoms with Gasteiger partial charge in [0.05, 0.1) is 18.8 Å².